The van der Waals surface area contributed by atoms with Crippen molar-refractivity contribution in [3.8, 4) is 0 Å². The van der Waals surface area contributed by atoms with Crippen LogP contribution in [0, 0.1) is 0 Å². The Labute approximate surface area is 55.1 Å². The second kappa shape index (κ2) is 4.15. The lowest BCUT2D eigenvalue weighted by molar-refractivity contribution is 0.253. The van der Waals surface area contributed by atoms with Gasteiger partial charge in [0.15, 0.2) is 0 Å². The molecule has 0 saturated heterocycles. The number of aliphatic hydroxyl groups excluding tert-OH is 2. The molecule has 2 nitrogen and oxygen atoms in total. The molecule has 52 valence electrons. The van der Waals surface area contributed by atoms with E-state index in [1.54, 1.807) is 0 Å². The summed E-state index contributed by atoms with van der Waals surface area (Å²) in [5, 5.41) is 17.1. The van der Waals surface area contributed by atoms with Crippen LogP contribution in [0.25, 0.3) is 0 Å². The van der Waals surface area contributed by atoms with Crippen LogP contribution in [0.3, 0.4) is 0 Å². The summed E-state index contributed by atoms with van der Waals surface area (Å²) in [5.41, 5.74) is 0.946. The predicted octanol–water partition coefficient (Wildman–Crippen LogP) is 1.39. The van der Waals surface area contributed by atoms with Crippen molar-refractivity contribution in [2.45, 2.75) is 13.8 Å². The van der Waals surface area contributed by atoms with Gasteiger partial charge in [-0.25, -0.2) is 0 Å². The van der Waals surface area contributed by atoms with E-state index in [0.29, 0.717) is 0 Å². The van der Waals surface area contributed by atoms with Crippen LogP contribution >= 0.6 is 0 Å². The van der Waals surface area contributed by atoms with Gasteiger partial charge in [-0.3, -0.25) is 0 Å². The van der Waals surface area contributed by atoms with E-state index in [1.165, 1.54) is 6.08 Å². The summed E-state index contributed by atoms with van der Waals surface area (Å²) in [4.78, 5) is 0. The van der Waals surface area contributed by atoms with Crippen molar-refractivity contribution in [3.05, 3.63) is 23.5 Å². The lowest BCUT2D eigenvalue weighted by Gasteiger charge is -1.92. The monoisotopic (exact) mass is 128 g/mol. The third kappa shape index (κ3) is 3.79. The van der Waals surface area contributed by atoms with Crippen molar-refractivity contribution >= 4 is 0 Å². The molecule has 0 saturated carbocycles. The molecule has 0 rings (SSSR count). The minimum Gasteiger partial charge on any atom is -0.510 e. The maximum absolute atomic E-state index is 8.73. The van der Waals surface area contributed by atoms with Crippen LogP contribution in [-0.4, -0.2) is 16.8 Å². The van der Waals surface area contributed by atoms with Crippen molar-refractivity contribution in [3.63, 3.8) is 0 Å². The molecule has 0 radical (unpaired) electrons. The summed E-state index contributed by atoms with van der Waals surface area (Å²) in [6.45, 7) is 3.44. The average Bonchev–Trinajstić information content (AvgIpc) is 1.87. The highest BCUT2D eigenvalue weighted by molar-refractivity contribution is 5.17. The maximum Gasteiger partial charge on any atom is 0.118 e. The molecule has 0 aliphatic carbocycles. The lowest BCUT2D eigenvalue weighted by Crippen LogP contribution is -1.87. The minimum atomic E-state index is -0.287. The van der Waals surface area contributed by atoms with Crippen LogP contribution in [0.4, 0.5) is 0 Å². The largest absolute Gasteiger partial charge is 0.510 e. The highest BCUT2D eigenvalue weighted by Crippen LogP contribution is 1.97. The number of hydrogen-bond acceptors (Lipinski definition) is 2. The molecule has 0 aliphatic heterocycles. The van der Waals surface area contributed by atoms with Crippen LogP contribution in [0.2, 0.25) is 0 Å². The zero-order valence-corrected chi connectivity index (χ0v) is 5.76. The molecule has 0 aromatic heterocycles. The van der Waals surface area contributed by atoms with Crippen LogP contribution < -0.4 is 0 Å². The molecule has 0 aromatic carbocycles. The molecule has 0 fully saturated rings. The van der Waals surface area contributed by atoms with Crippen LogP contribution in [0.5, 0.6) is 0 Å². The molecular formula is C7H12O2. The molecule has 2 N–H and O–H groups in total. The molecule has 0 bridgehead atoms. The fourth-order valence-corrected chi connectivity index (χ4v) is 0.392. The maximum atomic E-state index is 8.73. The summed E-state index contributed by atoms with van der Waals surface area (Å²) in [6.07, 6.45) is 3.38. The van der Waals surface area contributed by atoms with Gasteiger partial charge in [-0.15, -0.1) is 0 Å². The second-order valence-corrected chi connectivity index (χ2v) is 1.83. The zero-order chi connectivity index (χ0) is 7.28. The first-order valence-corrected chi connectivity index (χ1v) is 2.84. The van der Waals surface area contributed by atoms with Gasteiger partial charge in [0.25, 0.3) is 0 Å². The Kier molecular flexibility index (Phi) is 3.80. The summed E-state index contributed by atoms with van der Waals surface area (Å²) >= 11 is 0. The zero-order valence-electron chi connectivity index (χ0n) is 5.76. The summed E-state index contributed by atoms with van der Waals surface area (Å²) in [6, 6.07) is 0. The summed E-state index contributed by atoms with van der Waals surface area (Å²) in [5.74, 6) is 0.00519. The van der Waals surface area contributed by atoms with E-state index in [2.05, 4.69) is 0 Å². The first-order valence-electron chi connectivity index (χ1n) is 2.84. The summed E-state index contributed by atoms with van der Waals surface area (Å²) < 4.78 is 0. The predicted molar refractivity (Wildman–Crippen MR) is 37.2 cm³/mol. The number of rotatable bonds is 2. The molecule has 9 heavy (non-hydrogen) atoms. The van der Waals surface area contributed by atoms with Crippen molar-refractivity contribution in [2.75, 3.05) is 6.61 Å². The quantitative estimate of drug-likeness (QED) is 0.435. The molecule has 0 atom stereocenters. The Morgan fingerprint density at radius 3 is 2.44 bits per heavy atom. The highest BCUT2D eigenvalue weighted by Gasteiger charge is 1.86. The highest BCUT2D eigenvalue weighted by atomic mass is 16.3. The fourth-order valence-electron chi connectivity index (χ4n) is 0.392. The SMILES string of the molecule is C/C=C(C)\C=C(\O)CO. The van der Waals surface area contributed by atoms with Crippen LogP contribution in [-0.2, 0) is 0 Å². The van der Waals surface area contributed by atoms with Crippen molar-refractivity contribution < 1.29 is 10.2 Å². The standard InChI is InChI=1S/C7H12O2/c1-3-6(2)4-7(9)5-8/h3-4,8-9H,5H2,1-2H3/b6-3-,7-4+. The van der Waals surface area contributed by atoms with E-state index in [1.807, 2.05) is 19.9 Å². The normalized spacial score (nSPS) is 14.1. The van der Waals surface area contributed by atoms with Crippen LogP contribution in [0.1, 0.15) is 13.8 Å². The van der Waals surface area contributed by atoms with Gasteiger partial charge in [0.2, 0.25) is 0 Å². The number of hydrogen-bond donors (Lipinski definition) is 2. The van der Waals surface area contributed by atoms with Crippen molar-refractivity contribution in [2.24, 2.45) is 0 Å². The molecule has 0 aliphatic rings. The van der Waals surface area contributed by atoms with Gasteiger partial charge in [-0.1, -0.05) is 11.6 Å². The first kappa shape index (κ1) is 8.24. The van der Waals surface area contributed by atoms with Gasteiger partial charge < -0.3 is 10.2 Å². The second-order valence-electron chi connectivity index (χ2n) is 1.83. The minimum absolute atomic E-state index is 0.00519. The Bertz CT molecular complexity index is 134. The Morgan fingerprint density at radius 2 is 2.11 bits per heavy atom. The number of aliphatic hydroxyl groups is 2. The smallest absolute Gasteiger partial charge is 0.118 e. The van der Waals surface area contributed by atoms with Gasteiger partial charge in [0, 0.05) is 0 Å². The molecule has 0 heterocycles. The third-order valence-corrected chi connectivity index (χ3v) is 1.01. The topological polar surface area (TPSA) is 40.5 Å². The van der Waals surface area contributed by atoms with E-state index < -0.39 is 0 Å². The van der Waals surface area contributed by atoms with Gasteiger partial charge in [0.1, 0.15) is 12.4 Å². The van der Waals surface area contributed by atoms with Gasteiger partial charge in [-0.05, 0) is 19.9 Å². The van der Waals surface area contributed by atoms with E-state index in [4.69, 9.17) is 10.2 Å². The van der Waals surface area contributed by atoms with E-state index in [9.17, 15) is 0 Å². The van der Waals surface area contributed by atoms with Crippen molar-refractivity contribution in [1.29, 1.82) is 0 Å². The van der Waals surface area contributed by atoms with Crippen LogP contribution in [0.15, 0.2) is 23.5 Å². The first-order chi connectivity index (χ1) is 4.20. The molecule has 2 heteroatoms. The van der Waals surface area contributed by atoms with Gasteiger partial charge in [0.05, 0.1) is 0 Å². The Hall–Kier alpha value is -0.760. The third-order valence-electron chi connectivity index (χ3n) is 1.01. The molecule has 0 unspecified atom stereocenters. The Balaban J connectivity index is 3.95. The van der Waals surface area contributed by atoms with E-state index in [-0.39, 0.29) is 12.4 Å². The van der Waals surface area contributed by atoms with Gasteiger partial charge in [-0.2, -0.15) is 0 Å². The Morgan fingerprint density at radius 1 is 1.56 bits per heavy atom. The molecular weight excluding hydrogens is 116 g/mol. The van der Waals surface area contributed by atoms with E-state index >= 15 is 0 Å². The van der Waals surface area contributed by atoms with E-state index in [0.717, 1.165) is 5.57 Å². The lowest BCUT2D eigenvalue weighted by atomic mass is 10.2. The molecule has 0 amide bonds. The fraction of sp³-hybridized carbons (Fsp3) is 0.429. The average molecular weight is 128 g/mol. The van der Waals surface area contributed by atoms with Gasteiger partial charge >= 0.3 is 0 Å². The van der Waals surface area contributed by atoms with Crippen molar-refractivity contribution in [1.82, 2.24) is 0 Å². The molecule has 0 spiro atoms. The summed E-state index contributed by atoms with van der Waals surface area (Å²) in [7, 11) is 0. The molecule has 0 aromatic rings. The number of allylic oxidation sites excluding steroid dienone is 3.